The Balaban J connectivity index is 1.68. The lowest BCUT2D eigenvalue weighted by Crippen LogP contribution is -2.13. The summed E-state index contributed by atoms with van der Waals surface area (Å²) in [7, 11) is 0. The quantitative estimate of drug-likeness (QED) is 0.897. The summed E-state index contributed by atoms with van der Waals surface area (Å²) in [6, 6.07) is 3.34. The highest BCUT2D eigenvalue weighted by atomic mass is 79.9. The van der Waals surface area contributed by atoms with Crippen molar-refractivity contribution in [3.8, 4) is 0 Å². The minimum Gasteiger partial charge on any atom is -0.444 e. The van der Waals surface area contributed by atoms with E-state index in [9.17, 15) is 4.79 Å². The summed E-state index contributed by atoms with van der Waals surface area (Å²) in [5.74, 6) is 0.235. The van der Waals surface area contributed by atoms with Gasteiger partial charge in [0.25, 0.3) is 5.91 Å². The van der Waals surface area contributed by atoms with Crippen molar-refractivity contribution in [2.75, 3.05) is 11.9 Å². The van der Waals surface area contributed by atoms with E-state index in [-0.39, 0.29) is 17.8 Å². The van der Waals surface area contributed by atoms with Gasteiger partial charge in [0.1, 0.15) is 0 Å². The third kappa shape index (κ3) is 2.69. The Kier molecular flexibility index (Phi) is 3.34. The maximum absolute atomic E-state index is 11.8. The van der Waals surface area contributed by atoms with Gasteiger partial charge in [-0.2, -0.15) is 0 Å². The molecule has 100 valence electrons. The number of anilines is 1. The van der Waals surface area contributed by atoms with Gasteiger partial charge in [0.15, 0.2) is 10.4 Å². The summed E-state index contributed by atoms with van der Waals surface area (Å²) in [4.78, 5) is 11.8. The van der Waals surface area contributed by atoms with E-state index in [1.54, 1.807) is 12.1 Å². The average molecular weight is 327 g/mol. The molecule has 1 fully saturated rings. The van der Waals surface area contributed by atoms with Crippen LogP contribution in [0.1, 0.15) is 35.3 Å². The van der Waals surface area contributed by atoms with Gasteiger partial charge in [0.05, 0.1) is 6.04 Å². The fraction of sp³-hybridized carbons (Fsp3) is 0.364. The molecule has 2 aromatic rings. The molecule has 0 radical (unpaired) electrons. The van der Waals surface area contributed by atoms with Crippen molar-refractivity contribution in [2.24, 2.45) is 0 Å². The number of nitrogens with zero attached hydrogens (tertiary/aromatic N) is 2. The number of hydrogen-bond acceptors (Lipinski definition) is 6. The van der Waals surface area contributed by atoms with Crippen molar-refractivity contribution in [3.63, 3.8) is 0 Å². The number of rotatable bonds is 3. The summed E-state index contributed by atoms with van der Waals surface area (Å²) < 4.78 is 11.0. The molecule has 19 heavy (non-hydrogen) atoms. The first-order valence-corrected chi connectivity index (χ1v) is 6.65. The molecule has 0 saturated carbocycles. The van der Waals surface area contributed by atoms with Crippen molar-refractivity contribution in [2.45, 2.75) is 18.9 Å². The Labute approximate surface area is 116 Å². The number of nitrogens with one attached hydrogen (secondary N) is 2. The van der Waals surface area contributed by atoms with Gasteiger partial charge in [-0.1, -0.05) is 5.10 Å². The number of halogens is 1. The highest BCUT2D eigenvalue weighted by Crippen LogP contribution is 2.23. The maximum Gasteiger partial charge on any atom is 0.322 e. The zero-order valence-corrected chi connectivity index (χ0v) is 11.4. The van der Waals surface area contributed by atoms with E-state index < -0.39 is 5.91 Å². The van der Waals surface area contributed by atoms with Crippen LogP contribution in [0.3, 0.4) is 0 Å². The predicted octanol–water partition coefficient (Wildman–Crippen LogP) is 2.10. The molecular weight excluding hydrogens is 316 g/mol. The summed E-state index contributed by atoms with van der Waals surface area (Å²) >= 11 is 3.13. The van der Waals surface area contributed by atoms with Crippen molar-refractivity contribution >= 4 is 27.9 Å². The molecule has 3 rings (SSSR count). The molecule has 8 heteroatoms. The van der Waals surface area contributed by atoms with E-state index >= 15 is 0 Å². The van der Waals surface area contributed by atoms with E-state index in [0.717, 1.165) is 19.4 Å². The van der Waals surface area contributed by atoms with E-state index in [4.69, 9.17) is 8.83 Å². The third-order valence-electron chi connectivity index (χ3n) is 2.82. The second-order valence-corrected chi connectivity index (χ2v) is 4.93. The number of hydrogen-bond donors (Lipinski definition) is 2. The van der Waals surface area contributed by atoms with E-state index in [2.05, 4.69) is 36.8 Å². The van der Waals surface area contributed by atoms with Crippen molar-refractivity contribution < 1.29 is 13.6 Å². The Morgan fingerprint density at radius 1 is 1.42 bits per heavy atom. The smallest absolute Gasteiger partial charge is 0.322 e. The lowest BCUT2D eigenvalue weighted by Gasteiger charge is -2.02. The van der Waals surface area contributed by atoms with Crippen LogP contribution in [0.5, 0.6) is 0 Å². The predicted molar refractivity (Wildman–Crippen MR) is 68.6 cm³/mol. The van der Waals surface area contributed by atoms with Gasteiger partial charge in [-0.15, -0.1) is 5.10 Å². The van der Waals surface area contributed by atoms with Crippen LogP contribution in [0.2, 0.25) is 0 Å². The molecular formula is C11H11BrN4O3. The first kappa shape index (κ1) is 12.4. The molecule has 1 saturated heterocycles. The number of carbonyl (C=O) groups excluding carboxylic acids is 1. The van der Waals surface area contributed by atoms with Gasteiger partial charge in [0.2, 0.25) is 5.89 Å². The van der Waals surface area contributed by atoms with Crippen molar-refractivity contribution in [1.82, 2.24) is 15.5 Å². The maximum atomic E-state index is 11.8. The lowest BCUT2D eigenvalue weighted by atomic mass is 10.2. The third-order valence-corrected chi connectivity index (χ3v) is 3.24. The zero-order valence-electron chi connectivity index (χ0n) is 9.85. The summed E-state index contributed by atoms with van der Waals surface area (Å²) in [5, 5.41) is 13.4. The highest BCUT2D eigenvalue weighted by molar-refractivity contribution is 9.10. The molecule has 0 spiro atoms. The largest absolute Gasteiger partial charge is 0.444 e. The number of amides is 1. The second-order valence-electron chi connectivity index (χ2n) is 4.15. The molecule has 3 heterocycles. The molecule has 0 aromatic carbocycles. The molecule has 1 atom stereocenters. The molecule has 1 aliphatic rings. The first-order valence-electron chi connectivity index (χ1n) is 5.86. The molecule has 1 amide bonds. The average Bonchev–Trinajstić information content (AvgIpc) is 3.07. The summed E-state index contributed by atoms with van der Waals surface area (Å²) in [6.45, 7) is 0.940. The summed E-state index contributed by atoms with van der Waals surface area (Å²) in [5.41, 5.74) is 0. The summed E-state index contributed by atoms with van der Waals surface area (Å²) in [6.07, 6.45) is 2.04. The van der Waals surface area contributed by atoms with Gasteiger partial charge in [-0.25, -0.2) is 0 Å². The topological polar surface area (TPSA) is 93.2 Å². The number of aromatic nitrogens is 2. The van der Waals surface area contributed by atoms with Gasteiger partial charge in [0, 0.05) is 0 Å². The van der Waals surface area contributed by atoms with Gasteiger partial charge >= 0.3 is 6.01 Å². The normalized spacial score (nSPS) is 18.7. The molecule has 1 aliphatic heterocycles. The zero-order chi connectivity index (χ0) is 13.2. The van der Waals surface area contributed by atoms with E-state index in [1.165, 1.54) is 0 Å². The van der Waals surface area contributed by atoms with Crippen LogP contribution in [-0.4, -0.2) is 22.6 Å². The lowest BCUT2D eigenvalue weighted by molar-refractivity contribution is 0.0992. The fourth-order valence-electron chi connectivity index (χ4n) is 1.92. The molecule has 0 bridgehead atoms. The van der Waals surface area contributed by atoms with Crippen LogP contribution in [0.25, 0.3) is 0 Å². The van der Waals surface area contributed by atoms with Gasteiger partial charge in [-0.3, -0.25) is 10.1 Å². The van der Waals surface area contributed by atoms with Crippen LogP contribution in [0.4, 0.5) is 6.01 Å². The molecule has 1 unspecified atom stereocenters. The van der Waals surface area contributed by atoms with Crippen LogP contribution in [0.15, 0.2) is 25.6 Å². The Hall–Kier alpha value is -1.67. The van der Waals surface area contributed by atoms with Crippen LogP contribution in [0, 0.1) is 0 Å². The molecule has 2 N–H and O–H groups in total. The van der Waals surface area contributed by atoms with Gasteiger partial charge in [-0.05, 0) is 47.4 Å². The fourth-order valence-corrected chi connectivity index (χ4v) is 2.22. The monoisotopic (exact) mass is 326 g/mol. The van der Waals surface area contributed by atoms with Crippen LogP contribution < -0.4 is 10.6 Å². The SMILES string of the molecule is O=C(Nc1nnc(C2CCCN2)o1)c1ccc(Br)o1. The van der Waals surface area contributed by atoms with Crippen LogP contribution in [-0.2, 0) is 0 Å². The minimum atomic E-state index is -0.430. The van der Waals surface area contributed by atoms with Crippen LogP contribution >= 0.6 is 15.9 Å². The van der Waals surface area contributed by atoms with Crippen molar-refractivity contribution in [3.05, 3.63) is 28.5 Å². The molecule has 0 aliphatic carbocycles. The minimum absolute atomic E-state index is 0.0706. The number of furan rings is 1. The standard InChI is InChI=1S/C11H11BrN4O3/c12-8-4-3-7(18-8)9(17)14-11-16-15-10(19-11)6-2-1-5-13-6/h3-4,6,13H,1-2,5H2,(H,14,16,17). The molecule has 2 aromatic heterocycles. The number of carbonyl (C=O) groups is 1. The second kappa shape index (κ2) is 5.14. The molecule has 7 nitrogen and oxygen atoms in total. The Morgan fingerprint density at radius 3 is 3.00 bits per heavy atom. The van der Waals surface area contributed by atoms with E-state index in [0.29, 0.717) is 10.6 Å². The Morgan fingerprint density at radius 2 is 2.32 bits per heavy atom. The van der Waals surface area contributed by atoms with Gasteiger partial charge < -0.3 is 14.2 Å². The van der Waals surface area contributed by atoms with Crippen molar-refractivity contribution in [1.29, 1.82) is 0 Å². The van der Waals surface area contributed by atoms with E-state index in [1.807, 2.05) is 0 Å². The Bertz CT molecular complexity index is 588. The highest BCUT2D eigenvalue weighted by Gasteiger charge is 2.23. The first-order chi connectivity index (χ1) is 9.22.